The molecule has 0 radical (unpaired) electrons. The van der Waals surface area contributed by atoms with Crippen LogP contribution in [0.4, 0.5) is 0 Å². The van der Waals surface area contributed by atoms with Crippen molar-refractivity contribution in [3.8, 4) is 12.3 Å². The fourth-order valence-corrected chi connectivity index (χ4v) is 1.43. The number of carbonyl (C=O) groups is 1. The van der Waals surface area contributed by atoms with Crippen LogP contribution in [0.1, 0.15) is 39.0 Å². The number of hydrogen-bond acceptors (Lipinski definition) is 1. The van der Waals surface area contributed by atoms with E-state index >= 15 is 0 Å². The van der Waals surface area contributed by atoms with Gasteiger partial charge in [-0.3, -0.25) is 0 Å². The van der Waals surface area contributed by atoms with Gasteiger partial charge >= 0.3 is 0 Å². The van der Waals surface area contributed by atoms with E-state index in [2.05, 4.69) is 19.4 Å². The Hall–Kier alpha value is -1.03. The Bertz CT molecular complexity index is 200. The van der Waals surface area contributed by atoms with E-state index in [9.17, 15) is 4.79 Å². The summed E-state index contributed by atoms with van der Waals surface area (Å²) in [6, 6.07) is 0. The van der Waals surface area contributed by atoms with Crippen LogP contribution in [-0.4, -0.2) is 6.29 Å². The largest absolute Gasteiger partial charge is 0.303 e. The molecule has 1 unspecified atom stereocenters. The van der Waals surface area contributed by atoms with Gasteiger partial charge in [-0.2, -0.15) is 0 Å². The molecule has 0 aromatic carbocycles. The van der Waals surface area contributed by atoms with Crippen LogP contribution >= 0.6 is 0 Å². The van der Waals surface area contributed by atoms with Crippen molar-refractivity contribution in [3.05, 3.63) is 12.7 Å². The maximum Gasteiger partial charge on any atom is 0.127 e. The van der Waals surface area contributed by atoms with E-state index in [-0.39, 0.29) is 5.41 Å². The summed E-state index contributed by atoms with van der Waals surface area (Å²) in [5.41, 5.74) is -0.341. The van der Waals surface area contributed by atoms with E-state index in [0.29, 0.717) is 12.8 Å². The Labute approximate surface area is 81.2 Å². The lowest BCUT2D eigenvalue weighted by Gasteiger charge is -2.23. The Morgan fingerprint density at radius 3 is 2.69 bits per heavy atom. The molecule has 1 nitrogen and oxygen atoms in total. The molecule has 0 saturated heterocycles. The van der Waals surface area contributed by atoms with Crippen LogP contribution in [0.25, 0.3) is 0 Å². The lowest BCUT2D eigenvalue weighted by atomic mass is 9.78. The first-order valence-electron chi connectivity index (χ1n) is 4.75. The highest BCUT2D eigenvalue weighted by atomic mass is 16.1. The molecule has 72 valence electrons. The second-order valence-electron chi connectivity index (χ2n) is 3.46. The van der Waals surface area contributed by atoms with Gasteiger partial charge in [-0.05, 0) is 12.8 Å². The molecule has 0 fully saturated rings. The van der Waals surface area contributed by atoms with Gasteiger partial charge in [0.2, 0.25) is 0 Å². The topological polar surface area (TPSA) is 17.1 Å². The number of aldehydes is 1. The van der Waals surface area contributed by atoms with Gasteiger partial charge < -0.3 is 4.79 Å². The van der Waals surface area contributed by atoms with E-state index in [1.807, 2.05) is 0 Å². The molecular weight excluding hydrogens is 160 g/mol. The van der Waals surface area contributed by atoms with Crippen LogP contribution in [-0.2, 0) is 4.79 Å². The SMILES string of the molecule is C#CCC(C=O)(CC=C)CCCC. The molecule has 13 heavy (non-hydrogen) atoms. The molecule has 0 aromatic rings. The van der Waals surface area contributed by atoms with Crippen LogP contribution in [0.3, 0.4) is 0 Å². The smallest absolute Gasteiger partial charge is 0.127 e. The molecule has 0 spiro atoms. The molecule has 0 aliphatic rings. The molecule has 0 aliphatic carbocycles. The Morgan fingerprint density at radius 1 is 1.62 bits per heavy atom. The third-order valence-electron chi connectivity index (χ3n) is 2.28. The number of carbonyl (C=O) groups excluding carboxylic acids is 1. The summed E-state index contributed by atoms with van der Waals surface area (Å²) in [7, 11) is 0. The van der Waals surface area contributed by atoms with Gasteiger partial charge in [0, 0.05) is 11.8 Å². The van der Waals surface area contributed by atoms with Gasteiger partial charge in [0.25, 0.3) is 0 Å². The Kier molecular flexibility index (Phi) is 5.97. The van der Waals surface area contributed by atoms with E-state index in [0.717, 1.165) is 25.5 Å². The van der Waals surface area contributed by atoms with Crippen LogP contribution < -0.4 is 0 Å². The molecule has 0 aliphatic heterocycles. The third-order valence-corrected chi connectivity index (χ3v) is 2.28. The van der Waals surface area contributed by atoms with E-state index < -0.39 is 0 Å². The minimum atomic E-state index is -0.341. The first-order valence-corrected chi connectivity index (χ1v) is 4.75. The third kappa shape index (κ3) is 3.94. The number of unbranched alkanes of at least 4 members (excludes halogenated alkanes) is 1. The molecule has 1 atom stereocenters. The first-order chi connectivity index (χ1) is 6.24. The second kappa shape index (κ2) is 6.48. The summed E-state index contributed by atoms with van der Waals surface area (Å²) in [5.74, 6) is 2.57. The van der Waals surface area contributed by atoms with Crippen molar-refractivity contribution in [3.63, 3.8) is 0 Å². The van der Waals surface area contributed by atoms with Gasteiger partial charge in [-0.1, -0.05) is 25.8 Å². The molecule has 0 bridgehead atoms. The normalized spacial score (nSPS) is 14.2. The zero-order valence-corrected chi connectivity index (χ0v) is 8.38. The second-order valence-corrected chi connectivity index (χ2v) is 3.46. The molecule has 1 heteroatoms. The van der Waals surface area contributed by atoms with Crippen molar-refractivity contribution in [1.82, 2.24) is 0 Å². The minimum Gasteiger partial charge on any atom is -0.303 e. The van der Waals surface area contributed by atoms with Crippen LogP contribution in [0.5, 0.6) is 0 Å². The predicted octanol–water partition coefficient (Wildman–Crippen LogP) is 2.96. The molecule has 0 saturated carbocycles. The summed E-state index contributed by atoms with van der Waals surface area (Å²) in [6.07, 6.45) is 12.3. The average molecular weight is 178 g/mol. The highest BCUT2D eigenvalue weighted by Gasteiger charge is 2.26. The summed E-state index contributed by atoms with van der Waals surface area (Å²) in [5, 5.41) is 0. The van der Waals surface area contributed by atoms with Crippen molar-refractivity contribution in [2.24, 2.45) is 5.41 Å². The fourth-order valence-electron chi connectivity index (χ4n) is 1.43. The van der Waals surface area contributed by atoms with Gasteiger partial charge in [0.15, 0.2) is 0 Å². The maximum atomic E-state index is 11.0. The Balaban J connectivity index is 4.35. The molecule has 0 amide bonds. The quantitative estimate of drug-likeness (QED) is 0.333. The number of allylic oxidation sites excluding steroid dienone is 1. The fraction of sp³-hybridized carbons (Fsp3) is 0.583. The molecule has 0 aromatic heterocycles. The van der Waals surface area contributed by atoms with Crippen LogP contribution in [0.15, 0.2) is 12.7 Å². The van der Waals surface area contributed by atoms with Gasteiger partial charge in [0.05, 0.1) is 0 Å². The van der Waals surface area contributed by atoms with Gasteiger partial charge in [0.1, 0.15) is 6.29 Å². The highest BCUT2D eigenvalue weighted by molar-refractivity contribution is 5.60. The van der Waals surface area contributed by atoms with Crippen molar-refractivity contribution < 1.29 is 4.79 Å². The summed E-state index contributed by atoms with van der Waals surface area (Å²) in [6.45, 7) is 5.77. The molecule has 0 heterocycles. The minimum absolute atomic E-state index is 0.341. The lowest BCUT2D eigenvalue weighted by Crippen LogP contribution is -2.21. The standard InChI is InChI=1S/C12H18O/c1-4-7-10-12(11-13,8-5-2)9-6-3/h2,6,11H,3-4,7-10H2,1H3. The van der Waals surface area contributed by atoms with E-state index in [1.54, 1.807) is 6.08 Å². The molecule has 0 rings (SSSR count). The van der Waals surface area contributed by atoms with Crippen molar-refractivity contribution >= 4 is 6.29 Å². The summed E-state index contributed by atoms with van der Waals surface area (Å²) >= 11 is 0. The van der Waals surface area contributed by atoms with E-state index in [4.69, 9.17) is 6.42 Å². The Morgan fingerprint density at radius 2 is 2.31 bits per heavy atom. The number of terminal acetylenes is 1. The van der Waals surface area contributed by atoms with Gasteiger partial charge in [-0.15, -0.1) is 18.9 Å². The summed E-state index contributed by atoms with van der Waals surface area (Å²) < 4.78 is 0. The highest BCUT2D eigenvalue weighted by Crippen LogP contribution is 2.30. The molecular formula is C12H18O. The van der Waals surface area contributed by atoms with Crippen LogP contribution in [0, 0.1) is 17.8 Å². The molecule has 0 N–H and O–H groups in total. The van der Waals surface area contributed by atoms with Crippen molar-refractivity contribution in [2.75, 3.05) is 0 Å². The first kappa shape index (κ1) is 12.0. The average Bonchev–Trinajstić information content (AvgIpc) is 2.15. The summed E-state index contributed by atoms with van der Waals surface area (Å²) in [4.78, 5) is 11.0. The zero-order valence-electron chi connectivity index (χ0n) is 8.38. The monoisotopic (exact) mass is 178 g/mol. The van der Waals surface area contributed by atoms with Crippen molar-refractivity contribution in [1.29, 1.82) is 0 Å². The van der Waals surface area contributed by atoms with E-state index in [1.165, 1.54) is 0 Å². The predicted molar refractivity (Wildman–Crippen MR) is 56.3 cm³/mol. The maximum absolute atomic E-state index is 11.0. The van der Waals surface area contributed by atoms with Crippen molar-refractivity contribution in [2.45, 2.75) is 39.0 Å². The lowest BCUT2D eigenvalue weighted by molar-refractivity contribution is -0.116. The number of rotatable bonds is 7. The number of hydrogen-bond donors (Lipinski definition) is 0. The van der Waals surface area contributed by atoms with Crippen LogP contribution in [0.2, 0.25) is 0 Å². The zero-order chi connectivity index (χ0) is 10.2. The van der Waals surface area contributed by atoms with Gasteiger partial charge in [-0.25, -0.2) is 0 Å².